The lowest BCUT2D eigenvalue weighted by atomic mass is 10.1. The Morgan fingerprint density at radius 1 is 1.50 bits per heavy atom. The molecule has 7 nitrogen and oxygen atoms in total. The van der Waals surface area contributed by atoms with Gasteiger partial charge in [-0.25, -0.2) is 9.59 Å². The number of carboxylic acids is 1. The molecule has 1 rings (SSSR count). The van der Waals surface area contributed by atoms with Crippen LogP contribution >= 0.6 is 0 Å². The molecule has 1 atom stereocenters. The summed E-state index contributed by atoms with van der Waals surface area (Å²) in [6.45, 7) is 4.16. The highest BCUT2D eigenvalue weighted by Crippen LogP contribution is 2.04. The second kappa shape index (κ2) is 7.52. The maximum Gasteiger partial charge on any atom is 0.326 e. The average molecular weight is 282 g/mol. The summed E-state index contributed by atoms with van der Waals surface area (Å²) in [7, 11) is 1.81. The summed E-state index contributed by atoms with van der Waals surface area (Å²) >= 11 is 0. The van der Waals surface area contributed by atoms with Crippen LogP contribution in [0, 0.1) is 6.92 Å². The number of carbonyl (C=O) groups excluding carboxylic acids is 1. The van der Waals surface area contributed by atoms with E-state index in [0.717, 1.165) is 24.1 Å². The van der Waals surface area contributed by atoms with Crippen molar-refractivity contribution in [3.8, 4) is 0 Å². The Bertz CT molecular complexity index is 470. The van der Waals surface area contributed by atoms with Gasteiger partial charge in [0.05, 0.1) is 5.69 Å². The summed E-state index contributed by atoms with van der Waals surface area (Å²) in [4.78, 5) is 22.7. The van der Waals surface area contributed by atoms with Crippen LogP contribution in [0.5, 0.6) is 0 Å². The SMILES string of the molecule is CCCCC(NC(=O)NCc1cn(C)nc1C)C(=O)O. The molecule has 20 heavy (non-hydrogen) atoms. The van der Waals surface area contributed by atoms with Gasteiger partial charge < -0.3 is 15.7 Å². The van der Waals surface area contributed by atoms with E-state index < -0.39 is 18.0 Å². The first-order chi connectivity index (χ1) is 9.43. The van der Waals surface area contributed by atoms with Crippen molar-refractivity contribution in [2.24, 2.45) is 7.05 Å². The molecule has 1 aromatic rings. The number of aliphatic carboxylic acids is 1. The van der Waals surface area contributed by atoms with Crippen molar-refractivity contribution in [2.45, 2.75) is 45.7 Å². The first-order valence-corrected chi connectivity index (χ1v) is 6.70. The molecule has 7 heteroatoms. The minimum atomic E-state index is -1.01. The molecule has 2 amide bonds. The summed E-state index contributed by atoms with van der Waals surface area (Å²) in [6.07, 6.45) is 3.91. The number of nitrogens with zero attached hydrogens (tertiary/aromatic N) is 2. The number of aromatic nitrogens is 2. The van der Waals surface area contributed by atoms with Crippen LogP contribution in [0.4, 0.5) is 4.79 Å². The number of nitrogens with one attached hydrogen (secondary N) is 2. The average Bonchev–Trinajstić information content (AvgIpc) is 2.70. The molecule has 0 aliphatic heterocycles. The van der Waals surface area contributed by atoms with Crippen molar-refractivity contribution < 1.29 is 14.7 Å². The van der Waals surface area contributed by atoms with Crippen molar-refractivity contribution in [1.82, 2.24) is 20.4 Å². The van der Waals surface area contributed by atoms with Crippen LogP contribution < -0.4 is 10.6 Å². The number of aryl methyl sites for hydroxylation is 2. The molecule has 0 bridgehead atoms. The Kier molecular flexibility index (Phi) is 6.02. The van der Waals surface area contributed by atoms with Crippen molar-refractivity contribution in [3.63, 3.8) is 0 Å². The maximum atomic E-state index is 11.7. The van der Waals surface area contributed by atoms with Gasteiger partial charge in [0.15, 0.2) is 0 Å². The first kappa shape index (κ1) is 16.0. The normalized spacial score (nSPS) is 11.9. The van der Waals surface area contributed by atoms with Crippen molar-refractivity contribution in [3.05, 3.63) is 17.5 Å². The molecule has 112 valence electrons. The number of carboxylic acid groups (broad SMARTS) is 1. The van der Waals surface area contributed by atoms with E-state index in [0.29, 0.717) is 13.0 Å². The van der Waals surface area contributed by atoms with E-state index in [4.69, 9.17) is 5.11 Å². The monoisotopic (exact) mass is 282 g/mol. The van der Waals surface area contributed by atoms with E-state index in [-0.39, 0.29) is 0 Å². The fraction of sp³-hybridized carbons (Fsp3) is 0.615. The highest BCUT2D eigenvalue weighted by atomic mass is 16.4. The number of rotatable bonds is 7. The predicted molar refractivity (Wildman–Crippen MR) is 74.3 cm³/mol. The lowest BCUT2D eigenvalue weighted by molar-refractivity contribution is -0.139. The van der Waals surface area contributed by atoms with Gasteiger partial charge in [-0.15, -0.1) is 0 Å². The van der Waals surface area contributed by atoms with Gasteiger partial charge in [-0.3, -0.25) is 4.68 Å². The number of carbonyl (C=O) groups is 2. The standard InChI is InChI=1S/C13H22N4O3/c1-4-5-6-11(12(18)19)15-13(20)14-7-10-8-17(3)16-9(10)2/h8,11H,4-7H2,1-3H3,(H,18,19)(H2,14,15,20). The van der Waals surface area contributed by atoms with Gasteiger partial charge in [-0.1, -0.05) is 19.8 Å². The van der Waals surface area contributed by atoms with Crippen LogP contribution in [0.1, 0.15) is 37.4 Å². The minimum absolute atomic E-state index is 0.325. The van der Waals surface area contributed by atoms with Crippen LogP contribution in [0.15, 0.2) is 6.20 Å². The Labute approximate surface area is 118 Å². The largest absolute Gasteiger partial charge is 0.480 e. The van der Waals surface area contributed by atoms with Gasteiger partial charge in [0.1, 0.15) is 6.04 Å². The molecule has 0 saturated heterocycles. The van der Waals surface area contributed by atoms with Crippen molar-refractivity contribution in [2.75, 3.05) is 0 Å². The summed E-state index contributed by atoms with van der Waals surface area (Å²) in [5.74, 6) is -1.01. The lowest BCUT2D eigenvalue weighted by Gasteiger charge is -2.14. The first-order valence-electron chi connectivity index (χ1n) is 6.70. The molecule has 3 N–H and O–H groups in total. The zero-order valence-electron chi connectivity index (χ0n) is 12.1. The molecule has 0 spiro atoms. The Balaban J connectivity index is 2.45. The third-order valence-electron chi connectivity index (χ3n) is 3.00. The molecule has 0 saturated carbocycles. The molecule has 1 heterocycles. The number of unbranched alkanes of at least 4 members (excludes halogenated alkanes) is 1. The Morgan fingerprint density at radius 3 is 2.70 bits per heavy atom. The maximum absolute atomic E-state index is 11.7. The molecule has 0 fully saturated rings. The van der Waals surface area contributed by atoms with E-state index in [2.05, 4.69) is 15.7 Å². The molecule has 1 aromatic heterocycles. The second-order valence-corrected chi connectivity index (χ2v) is 4.77. The number of hydrogen-bond acceptors (Lipinski definition) is 3. The summed E-state index contributed by atoms with van der Waals surface area (Å²) in [5, 5.41) is 18.3. The number of urea groups is 1. The van der Waals surface area contributed by atoms with Crippen LogP contribution in [0.3, 0.4) is 0 Å². The highest BCUT2D eigenvalue weighted by Gasteiger charge is 2.19. The molecule has 0 aromatic carbocycles. The van der Waals surface area contributed by atoms with Gasteiger partial charge in [0.2, 0.25) is 0 Å². The van der Waals surface area contributed by atoms with Crippen LogP contribution in [-0.2, 0) is 18.4 Å². The second-order valence-electron chi connectivity index (χ2n) is 4.77. The fourth-order valence-electron chi connectivity index (χ4n) is 1.87. The molecule has 0 aliphatic carbocycles. The number of hydrogen-bond donors (Lipinski definition) is 3. The minimum Gasteiger partial charge on any atom is -0.480 e. The molecular weight excluding hydrogens is 260 g/mol. The Morgan fingerprint density at radius 2 is 2.20 bits per heavy atom. The van der Waals surface area contributed by atoms with Crippen molar-refractivity contribution >= 4 is 12.0 Å². The van der Waals surface area contributed by atoms with Gasteiger partial charge in [0.25, 0.3) is 0 Å². The number of amides is 2. The van der Waals surface area contributed by atoms with Gasteiger partial charge >= 0.3 is 12.0 Å². The topological polar surface area (TPSA) is 96.3 Å². The molecule has 1 unspecified atom stereocenters. The Hall–Kier alpha value is -2.05. The summed E-state index contributed by atoms with van der Waals surface area (Å²) in [5.41, 5.74) is 1.75. The van der Waals surface area contributed by atoms with E-state index >= 15 is 0 Å². The van der Waals surface area contributed by atoms with Gasteiger partial charge in [-0.2, -0.15) is 5.10 Å². The van der Waals surface area contributed by atoms with E-state index in [1.165, 1.54) is 0 Å². The van der Waals surface area contributed by atoms with Gasteiger partial charge in [-0.05, 0) is 13.3 Å². The zero-order valence-corrected chi connectivity index (χ0v) is 12.1. The summed E-state index contributed by atoms with van der Waals surface area (Å²) < 4.78 is 1.67. The fourth-order valence-corrected chi connectivity index (χ4v) is 1.87. The molecule has 0 radical (unpaired) electrons. The predicted octanol–water partition coefficient (Wildman–Crippen LogP) is 1.17. The van der Waals surface area contributed by atoms with E-state index in [9.17, 15) is 9.59 Å². The third-order valence-corrected chi connectivity index (χ3v) is 3.00. The third kappa shape index (κ3) is 4.91. The van der Waals surface area contributed by atoms with Crippen LogP contribution in [-0.4, -0.2) is 32.9 Å². The van der Waals surface area contributed by atoms with Crippen LogP contribution in [0.25, 0.3) is 0 Å². The van der Waals surface area contributed by atoms with E-state index in [1.54, 1.807) is 4.68 Å². The van der Waals surface area contributed by atoms with Crippen molar-refractivity contribution in [1.29, 1.82) is 0 Å². The molecule has 0 aliphatic rings. The van der Waals surface area contributed by atoms with Gasteiger partial charge in [0, 0.05) is 25.4 Å². The van der Waals surface area contributed by atoms with Crippen LogP contribution in [0.2, 0.25) is 0 Å². The highest BCUT2D eigenvalue weighted by molar-refractivity contribution is 5.82. The lowest BCUT2D eigenvalue weighted by Crippen LogP contribution is -2.45. The smallest absolute Gasteiger partial charge is 0.326 e. The molecular formula is C13H22N4O3. The quantitative estimate of drug-likeness (QED) is 0.699. The summed E-state index contributed by atoms with van der Waals surface area (Å²) in [6, 6.07) is -1.32. The van der Waals surface area contributed by atoms with E-state index in [1.807, 2.05) is 27.1 Å². The zero-order chi connectivity index (χ0) is 15.1.